The number of carbonyl (C=O) groups is 2. The molecule has 0 aliphatic carbocycles. The Morgan fingerprint density at radius 2 is 2.14 bits per heavy atom. The van der Waals surface area contributed by atoms with E-state index < -0.39 is 11.9 Å². The maximum atomic E-state index is 11.3. The summed E-state index contributed by atoms with van der Waals surface area (Å²) in [5.41, 5.74) is 9.83. The highest BCUT2D eigenvalue weighted by molar-refractivity contribution is 5.94. The van der Waals surface area contributed by atoms with Gasteiger partial charge < -0.3 is 5.73 Å². The van der Waals surface area contributed by atoms with Gasteiger partial charge in [0.1, 0.15) is 5.69 Å². The highest BCUT2D eigenvalue weighted by Gasteiger charge is 2.09. The van der Waals surface area contributed by atoms with Gasteiger partial charge in [-0.1, -0.05) is 6.07 Å². The van der Waals surface area contributed by atoms with Gasteiger partial charge in [0, 0.05) is 6.20 Å². The van der Waals surface area contributed by atoms with Crippen molar-refractivity contribution in [1.82, 2.24) is 15.8 Å². The summed E-state index contributed by atoms with van der Waals surface area (Å²) in [7, 11) is 0. The van der Waals surface area contributed by atoms with Crippen LogP contribution in [-0.4, -0.2) is 16.9 Å². The molecule has 6 nitrogen and oxygen atoms in total. The molecule has 3 amide bonds. The monoisotopic (exact) mass is 194 g/mol. The molecule has 0 aliphatic rings. The third-order valence-electron chi connectivity index (χ3n) is 1.52. The molecule has 6 heteroatoms. The lowest BCUT2D eigenvalue weighted by atomic mass is 10.2. The first-order valence-electron chi connectivity index (χ1n) is 3.88. The topological polar surface area (TPSA) is 97.1 Å². The van der Waals surface area contributed by atoms with Crippen LogP contribution in [0.5, 0.6) is 0 Å². The molecule has 0 aliphatic heterocycles. The Kier molecular flexibility index (Phi) is 3.01. The number of primary amides is 1. The van der Waals surface area contributed by atoms with E-state index in [9.17, 15) is 9.59 Å². The number of nitrogens with zero attached hydrogens (tertiary/aromatic N) is 1. The molecule has 1 aromatic heterocycles. The summed E-state index contributed by atoms with van der Waals surface area (Å²) in [6.07, 6.45) is 1.49. The largest absolute Gasteiger partial charge is 0.350 e. The van der Waals surface area contributed by atoms with Crippen molar-refractivity contribution >= 4 is 11.9 Å². The smallest absolute Gasteiger partial charge is 0.330 e. The van der Waals surface area contributed by atoms with Crippen molar-refractivity contribution in [2.24, 2.45) is 5.73 Å². The van der Waals surface area contributed by atoms with Crippen LogP contribution in [0.2, 0.25) is 0 Å². The van der Waals surface area contributed by atoms with E-state index >= 15 is 0 Å². The molecule has 0 aromatic carbocycles. The second-order valence-electron chi connectivity index (χ2n) is 2.61. The Hall–Kier alpha value is -2.11. The molecule has 0 saturated carbocycles. The molecule has 0 radical (unpaired) electrons. The number of hydrazine groups is 1. The van der Waals surface area contributed by atoms with Gasteiger partial charge in [0.15, 0.2) is 0 Å². The second kappa shape index (κ2) is 4.22. The number of aromatic nitrogens is 1. The third kappa shape index (κ3) is 2.44. The summed E-state index contributed by atoms with van der Waals surface area (Å²) < 4.78 is 0. The Labute approximate surface area is 80.5 Å². The molecule has 1 aromatic rings. The molecule has 1 heterocycles. The predicted octanol–water partition coefficient (Wildman–Crippen LogP) is -0.297. The SMILES string of the molecule is Cc1cccnc1C(=O)NNC(N)=O. The Morgan fingerprint density at radius 3 is 2.71 bits per heavy atom. The first kappa shape index (κ1) is 9.97. The van der Waals surface area contributed by atoms with E-state index in [1.165, 1.54) is 6.20 Å². The van der Waals surface area contributed by atoms with Crippen LogP contribution >= 0.6 is 0 Å². The lowest BCUT2D eigenvalue weighted by Crippen LogP contribution is -2.44. The van der Waals surface area contributed by atoms with E-state index in [1.54, 1.807) is 19.1 Å². The van der Waals surface area contributed by atoms with Crippen molar-refractivity contribution in [3.63, 3.8) is 0 Å². The van der Waals surface area contributed by atoms with Crippen LogP contribution in [0.25, 0.3) is 0 Å². The zero-order chi connectivity index (χ0) is 10.6. The van der Waals surface area contributed by atoms with Crippen LogP contribution < -0.4 is 16.6 Å². The first-order valence-corrected chi connectivity index (χ1v) is 3.88. The van der Waals surface area contributed by atoms with Crippen LogP contribution in [0.15, 0.2) is 18.3 Å². The minimum absolute atomic E-state index is 0.251. The number of urea groups is 1. The van der Waals surface area contributed by atoms with E-state index in [0.717, 1.165) is 5.56 Å². The van der Waals surface area contributed by atoms with Gasteiger partial charge >= 0.3 is 6.03 Å². The van der Waals surface area contributed by atoms with Crippen LogP contribution in [0.4, 0.5) is 4.79 Å². The summed E-state index contributed by atoms with van der Waals surface area (Å²) >= 11 is 0. The van der Waals surface area contributed by atoms with E-state index in [2.05, 4.69) is 10.4 Å². The van der Waals surface area contributed by atoms with E-state index in [-0.39, 0.29) is 5.69 Å². The molecule has 0 atom stereocenters. The van der Waals surface area contributed by atoms with Gasteiger partial charge in [-0.25, -0.2) is 10.2 Å². The van der Waals surface area contributed by atoms with Crippen LogP contribution in [0, 0.1) is 6.92 Å². The zero-order valence-electron chi connectivity index (χ0n) is 7.57. The predicted molar refractivity (Wildman–Crippen MR) is 49.2 cm³/mol. The molecule has 0 unspecified atom stereocenters. The van der Waals surface area contributed by atoms with Crippen LogP contribution in [0.1, 0.15) is 16.1 Å². The van der Waals surface area contributed by atoms with E-state index in [4.69, 9.17) is 5.73 Å². The average Bonchev–Trinajstić information content (AvgIpc) is 2.15. The van der Waals surface area contributed by atoms with Crippen molar-refractivity contribution in [3.8, 4) is 0 Å². The van der Waals surface area contributed by atoms with Gasteiger partial charge in [-0.05, 0) is 18.6 Å². The van der Waals surface area contributed by atoms with Crippen molar-refractivity contribution < 1.29 is 9.59 Å². The quantitative estimate of drug-likeness (QED) is 0.535. The fraction of sp³-hybridized carbons (Fsp3) is 0.125. The van der Waals surface area contributed by atoms with Gasteiger partial charge in [0.05, 0.1) is 0 Å². The molecule has 14 heavy (non-hydrogen) atoms. The lowest BCUT2D eigenvalue weighted by Gasteiger charge is -2.05. The normalized spacial score (nSPS) is 9.21. The van der Waals surface area contributed by atoms with Gasteiger partial charge in [0.25, 0.3) is 5.91 Å². The number of amides is 3. The van der Waals surface area contributed by atoms with Crippen molar-refractivity contribution in [2.45, 2.75) is 6.92 Å². The summed E-state index contributed by atoms with van der Waals surface area (Å²) in [6.45, 7) is 1.74. The van der Waals surface area contributed by atoms with Crippen molar-refractivity contribution in [2.75, 3.05) is 0 Å². The minimum Gasteiger partial charge on any atom is -0.350 e. The maximum Gasteiger partial charge on any atom is 0.330 e. The fourth-order valence-corrected chi connectivity index (χ4v) is 0.901. The summed E-state index contributed by atoms with van der Waals surface area (Å²) in [4.78, 5) is 25.5. The molecular formula is C8H10N4O2. The Balaban J connectivity index is 2.70. The lowest BCUT2D eigenvalue weighted by molar-refractivity contribution is 0.0931. The number of nitrogens with two attached hydrogens (primary N) is 1. The number of hydrogen-bond donors (Lipinski definition) is 3. The molecule has 1 rings (SSSR count). The summed E-state index contributed by atoms with van der Waals surface area (Å²) in [5.74, 6) is -0.498. The number of hydrogen-bond acceptors (Lipinski definition) is 3. The van der Waals surface area contributed by atoms with E-state index in [1.807, 2.05) is 5.43 Å². The second-order valence-corrected chi connectivity index (χ2v) is 2.61. The molecule has 74 valence electrons. The highest BCUT2D eigenvalue weighted by Crippen LogP contribution is 2.01. The van der Waals surface area contributed by atoms with Gasteiger partial charge in [0.2, 0.25) is 0 Å². The van der Waals surface area contributed by atoms with Gasteiger partial charge in [-0.15, -0.1) is 0 Å². The number of pyridine rings is 1. The standard InChI is InChI=1S/C8H10N4O2/c1-5-3-2-4-10-6(5)7(13)11-12-8(9)14/h2-4H,1H3,(H,11,13)(H3,9,12,14). The number of nitrogens with one attached hydrogen (secondary N) is 2. The highest BCUT2D eigenvalue weighted by atomic mass is 16.2. The molecule has 0 bridgehead atoms. The average molecular weight is 194 g/mol. The minimum atomic E-state index is -0.827. The van der Waals surface area contributed by atoms with Crippen LogP contribution in [0.3, 0.4) is 0 Å². The maximum absolute atomic E-state index is 11.3. The van der Waals surface area contributed by atoms with Crippen LogP contribution in [-0.2, 0) is 0 Å². The summed E-state index contributed by atoms with van der Waals surface area (Å²) in [6, 6.07) is 2.63. The van der Waals surface area contributed by atoms with Gasteiger partial charge in [-0.2, -0.15) is 0 Å². The zero-order valence-corrected chi connectivity index (χ0v) is 7.57. The Morgan fingerprint density at radius 1 is 1.43 bits per heavy atom. The number of aryl methyl sites for hydroxylation is 1. The molecule has 0 saturated heterocycles. The number of rotatable bonds is 1. The van der Waals surface area contributed by atoms with Crippen molar-refractivity contribution in [1.29, 1.82) is 0 Å². The molecular weight excluding hydrogens is 184 g/mol. The van der Waals surface area contributed by atoms with E-state index in [0.29, 0.717) is 0 Å². The van der Waals surface area contributed by atoms with Crippen molar-refractivity contribution in [3.05, 3.63) is 29.6 Å². The van der Waals surface area contributed by atoms with Gasteiger partial charge in [-0.3, -0.25) is 15.2 Å². The fourth-order valence-electron chi connectivity index (χ4n) is 0.901. The number of carbonyl (C=O) groups excluding carboxylic acids is 2. The first-order chi connectivity index (χ1) is 6.61. The summed E-state index contributed by atoms with van der Waals surface area (Å²) in [5, 5.41) is 0. The Bertz CT molecular complexity index is 364. The molecule has 0 spiro atoms. The third-order valence-corrected chi connectivity index (χ3v) is 1.52. The molecule has 0 fully saturated rings. The molecule has 4 N–H and O–H groups in total.